The van der Waals surface area contributed by atoms with Crippen molar-refractivity contribution in [3.63, 3.8) is 0 Å². The number of rotatable bonds is 3. The molecule has 1 aromatic carbocycles. The van der Waals surface area contributed by atoms with Crippen molar-refractivity contribution >= 4 is 5.91 Å². The average molecular weight is 272 g/mol. The van der Waals surface area contributed by atoms with E-state index in [0.29, 0.717) is 12.0 Å². The van der Waals surface area contributed by atoms with Crippen LogP contribution in [0, 0.1) is 11.3 Å². The van der Waals surface area contributed by atoms with Crippen molar-refractivity contribution in [2.75, 3.05) is 0 Å². The summed E-state index contributed by atoms with van der Waals surface area (Å²) in [4.78, 5) is 15.0. The van der Waals surface area contributed by atoms with E-state index < -0.39 is 0 Å². The van der Waals surface area contributed by atoms with Crippen molar-refractivity contribution < 1.29 is 4.79 Å². The minimum atomic E-state index is -0.181. The van der Waals surface area contributed by atoms with Gasteiger partial charge in [0.2, 0.25) is 5.91 Å². The fourth-order valence-corrected chi connectivity index (χ4v) is 3.27. The van der Waals surface area contributed by atoms with Gasteiger partial charge in [-0.25, -0.2) is 0 Å². The maximum absolute atomic E-state index is 12.9. The molecule has 1 aromatic rings. The quantitative estimate of drug-likeness (QED) is 0.917. The monoisotopic (exact) mass is 272 g/mol. The lowest BCUT2D eigenvalue weighted by molar-refractivity contribution is -0.131. The molecule has 1 aliphatic heterocycles. The molecule has 1 N–H and O–H groups in total. The molecule has 3 atom stereocenters. The lowest BCUT2D eigenvalue weighted by Crippen LogP contribution is -2.43. The zero-order chi connectivity index (χ0) is 14.5. The molecule has 0 aromatic heterocycles. The molecule has 108 valence electrons. The third-order valence-electron chi connectivity index (χ3n) is 4.70. The van der Waals surface area contributed by atoms with Gasteiger partial charge in [0.1, 0.15) is 6.04 Å². The second kappa shape index (κ2) is 4.59. The van der Waals surface area contributed by atoms with Crippen LogP contribution in [-0.4, -0.2) is 23.0 Å². The van der Waals surface area contributed by atoms with Crippen molar-refractivity contribution in [3.05, 3.63) is 35.9 Å². The maximum Gasteiger partial charge on any atom is 0.245 e. The average Bonchev–Trinajstić information content (AvgIpc) is 2.88. The molecule has 2 aliphatic rings. The van der Waals surface area contributed by atoms with Crippen LogP contribution in [0.25, 0.3) is 0 Å². The van der Waals surface area contributed by atoms with Gasteiger partial charge in [0.25, 0.3) is 0 Å². The first-order chi connectivity index (χ1) is 9.42. The summed E-state index contributed by atoms with van der Waals surface area (Å²) in [7, 11) is 0. The van der Waals surface area contributed by atoms with Crippen LogP contribution in [0.1, 0.15) is 45.7 Å². The van der Waals surface area contributed by atoms with Gasteiger partial charge in [-0.05, 0) is 23.3 Å². The topological polar surface area (TPSA) is 32.3 Å². The molecule has 20 heavy (non-hydrogen) atoms. The minimum Gasteiger partial charge on any atom is -0.322 e. The Hall–Kier alpha value is -1.35. The SMILES string of the molecule is CC(C)C1NC(c2ccccc2)C(=O)N1C1CC1(C)C. The number of carbonyl (C=O) groups excluding carboxylic acids is 1. The highest BCUT2D eigenvalue weighted by Crippen LogP contribution is 2.51. The fraction of sp³-hybridized carbons (Fsp3) is 0.588. The van der Waals surface area contributed by atoms with Crippen molar-refractivity contribution in [1.82, 2.24) is 10.2 Å². The summed E-state index contributed by atoms with van der Waals surface area (Å²) in [6, 6.07) is 10.3. The molecular weight excluding hydrogens is 248 g/mol. The Balaban J connectivity index is 1.88. The Kier molecular flexibility index (Phi) is 3.13. The molecule has 3 heteroatoms. The number of hydrogen-bond donors (Lipinski definition) is 1. The Morgan fingerprint density at radius 1 is 1.25 bits per heavy atom. The van der Waals surface area contributed by atoms with Gasteiger partial charge in [-0.15, -0.1) is 0 Å². The Morgan fingerprint density at radius 3 is 2.35 bits per heavy atom. The van der Waals surface area contributed by atoms with Gasteiger partial charge in [0, 0.05) is 6.04 Å². The van der Waals surface area contributed by atoms with Crippen LogP contribution < -0.4 is 5.32 Å². The van der Waals surface area contributed by atoms with E-state index in [1.165, 1.54) is 0 Å². The third-order valence-corrected chi connectivity index (χ3v) is 4.70. The highest BCUT2D eigenvalue weighted by molar-refractivity contribution is 5.86. The van der Waals surface area contributed by atoms with Crippen molar-refractivity contribution in [2.45, 2.75) is 52.4 Å². The number of hydrogen-bond acceptors (Lipinski definition) is 2. The molecule has 3 rings (SSSR count). The van der Waals surface area contributed by atoms with Crippen molar-refractivity contribution in [3.8, 4) is 0 Å². The fourth-order valence-electron chi connectivity index (χ4n) is 3.27. The van der Waals surface area contributed by atoms with Gasteiger partial charge in [-0.3, -0.25) is 10.1 Å². The zero-order valence-electron chi connectivity index (χ0n) is 12.8. The molecule has 3 nitrogen and oxygen atoms in total. The number of nitrogens with zero attached hydrogens (tertiary/aromatic N) is 1. The van der Waals surface area contributed by atoms with E-state index in [-0.39, 0.29) is 23.5 Å². The predicted molar refractivity (Wildman–Crippen MR) is 80.0 cm³/mol. The van der Waals surface area contributed by atoms with Gasteiger partial charge < -0.3 is 4.90 Å². The van der Waals surface area contributed by atoms with Gasteiger partial charge in [-0.1, -0.05) is 58.0 Å². The standard InChI is InChI=1S/C17H24N2O/c1-11(2)15-18-14(12-8-6-5-7-9-12)16(20)19(15)13-10-17(13,3)4/h5-9,11,13-15,18H,10H2,1-4H3. The van der Waals surface area contributed by atoms with Crippen LogP contribution in [-0.2, 0) is 4.79 Å². The molecule has 1 amide bonds. The minimum absolute atomic E-state index is 0.152. The third kappa shape index (κ3) is 2.14. The molecule has 1 saturated carbocycles. The van der Waals surface area contributed by atoms with Crippen molar-refractivity contribution in [1.29, 1.82) is 0 Å². The summed E-state index contributed by atoms with van der Waals surface area (Å²) < 4.78 is 0. The van der Waals surface area contributed by atoms with Crippen LogP contribution >= 0.6 is 0 Å². The first kappa shape index (κ1) is 13.6. The summed E-state index contributed by atoms with van der Waals surface area (Å²) in [5, 5.41) is 3.54. The van der Waals surface area contributed by atoms with E-state index in [2.05, 4.69) is 37.9 Å². The van der Waals surface area contributed by atoms with Gasteiger partial charge in [0.15, 0.2) is 0 Å². The Bertz CT molecular complexity index is 509. The Morgan fingerprint density at radius 2 is 1.85 bits per heavy atom. The maximum atomic E-state index is 12.9. The van der Waals surface area contributed by atoms with Crippen LogP contribution in [0.15, 0.2) is 30.3 Å². The van der Waals surface area contributed by atoms with Gasteiger partial charge >= 0.3 is 0 Å². The zero-order valence-corrected chi connectivity index (χ0v) is 12.8. The highest BCUT2D eigenvalue weighted by atomic mass is 16.2. The lowest BCUT2D eigenvalue weighted by atomic mass is 10.1. The predicted octanol–water partition coefficient (Wildman–Crippen LogP) is 2.94. The van der Waals surface area contributed by atoms with Gasteiger partial charge in [-0.2, -0.15) is 0 Å². The summed E-state index contributed by atoms with van der Waals surface area (Å²) in [5.74, 6) is 0.662. The van der Waals surface area contributed by atoms with E-state index in [1.807, 2.05) is 30.3 Å². The number of nitrogens with one attached hydrogen (secondary N) is 1. The van der Waals surface area contributed by atoms with Gasteiger partial charge in [0.05, 0.1) is 6.17 Å². The normalized spacial score (nSPS) is 31.9. The van der Waals surface area contributed by atoms with Crippen LogP contribution in [0.4, 0.5) is 0 Å². The van der Waals surface area contributed by atoms with Crippen LogP contribution in [0.3, 0.4) is 0 Å². The molecule has 0 spiro atoms. The van der Waals surface area contributed by atoms with Crippen molar-refractivity contribution in [2.24, 2.45) is 11.3 Å². The molecule has 3 unspecified atom stereocenters. The number of benzene rings is 1. The van der Waals surface area contributed by atoms with Crippen LogP contribution in [0.2, 0.25) is 0 Å². The highest BCUT2D eigenvalue weighted by Gasteiger charge is 2.56. The van der Waals surface area contributed by atoms with E-state index in [1.54, 1.807) is 0 Å². The number of carbonyl (C=O) groups is 1. The molecule has 1 saturated heterocycles. The summed E-state index contributed by atoms with van der Waals surface area (Å²) in [6.45, 7) is 8.86. The first-order valence-corrected chi connectivity index (χ1v) is 7.55. The lowest BCUT2D eigenvalue weighted by Gasteiger charge is -2.28. The molecule has 1 aliphatic carbocycles. The molecule has 1 heterocycles. The van der Waals surface area contributed by atoms with E-state index in [0.717, 1.165) is 12.0 Å². The Labute approximate surface area is 121 Å². The molecule has 0 radical (unpaired) electrons. The second-order valence-corrected chi connectivity index (χ2v) is 7.15. The molecule has 2 fully saturated rings. The summed E-state index contributed by atoms with van der Waals surface area (Å²) >= 11 is 0. The van der Waals surface area contributed by atoms with Crippen LogP contribution in [0.5, 0.6) is 0 Å². The molecular formula is C17H24N2O. The van der Waals surface area contributed by atoms with E-state index in [9.17, 15) is 4.79 Å². The number of amides is 1. The van der Waals surface area contributed by atoms with E-state index >= 15 is 0 Å². The summed E-state index contributed by atoms with van der Waals surface area (Å²) in [6.07, 6.45) is 1.27. The molecule has 0 bridgehead atoms. The smallest absolute Gasteiger partial charge is 0.245 e. The summed E-state index contributed by atoms with van der Waals surface area (Å²) in [5.41, 5.74) is 1.35. The van der Waals surface area contributed by atoms with E-state index in [4.69, 9.17) is 0 Å². The first-order valence-electron chi connectivity index (χ1n) is 7.55. The second-order valence-electron chi connectivity index (χ2n) is 7.15. The largest absolute Gasteiger partial charge is 0.322 e.